The minimum atomic E-state index is -0.373. The standard InChI is InChI=1S/C22H24ClN5O3S/c1-4-28-20(14(2)24-21(30)15-9-11-16(23)12-10-15)26-27-22(28)32-13-19(29)25-17-7-5-6-8-18(17)31-3/h5-12,14H,4,13H2,1-3H3,(H,24,30)(H,25,29)/t14-/m0/s1. The highest BCUT2D eigenvalue weighted by atomic mass is 35.5. The van der Waals surface area contributed by atoms with Crippen LogP contribution in [-0.2, 0) is 11.3 Å². The van der Waals surface area contributed by atoms with E-state index in [0.717, 1.165) is 0 Å². The van der Waals surface area contributed by atoms with E-state index in [9.17, 15) is 9.59 Å². The van der Waals surface area contributed by atoms with Crippen molar-refractivity contribution in [1.82, 2.24) is 20.1 Å². The molecule has 1 aromatic heterocycles. The van der Waals surface area contributed by atoms with Crippen LogP contribution >= 0.6 is 23.4 Å². The van der Waals surface area contributed by atoms with Crippen molar-refractivity contribution in [1.29, 1.82) is 0 Å². The third-order valence-electron chi connectivity index (χ3n) is 4.62. The summed E-state index contributed by atoms with van der Waals surface area (Å²) in [6, 6.07) is 13.5. The van der Waals surface area contributed by atoms with Crippen LogP contribution in [0.2, 0.25) is 5.02 Å². The predicted molar refractivity (Wildman–Crippen MR) is 125 cm³/mol. The van der Waals surface area contributed by atoms with Crippen LogP contribution in [-0.4, -0.2) is 39.4 Å². The summed E-state index contributed by atoms with van der Waals surface area (Å²) < 4.78 is 7.14. The Morgan fingerprint density at radius 1 is 1.16 bits per heavy atom. The maximum Gasteiger partial charge on any atom is 0.251 e. The molecule has 1 atom stereocenters. The van der Waals surface area contributed by atoms with Crippen molar-refractivity contribution in [3.8, 4) is 5.75 Å². The first kappa shape index (κ1) is 23.6. The largest absolute Gasteiger partial charge is 0.495 e. The zero-order chi connectivity index (χ0) is 23.1. The van der Waals surface area contributed by atoms with E-state index in [1.807, 2.05) is 30.5 Å². The molecule has 3 rings (SSSR count). The van der Waals surface area contributed by atoms with Crippen molar-refractivity contribution in [2.24, 2.45) is 0 Å². The SMILES string of the molecule is CCn1c(SCC(=O)Nc2ccccc2OC)nnc1[C@H](C)NC(=O)c1ccc(Cl)cc1. The Bertz CT molecular complexity index is 1090. The van der Waals surface area contributed by atoms with Crippen molar-refractivity contribution in [2.75, 3.05) is 18.2 Å². The third kappa shape index (κ3) is 5.80. The average Bonchev–Trinajstić information content (AvgIpc) is 3.21. The number of nitrogens with zero attached hydrogens (tertiary/aromatic N) is 3. The van der Waals surface area contributed by atoms with Crippen LogP contribution in [0.5, 0.6) is 5.75 Å². The lowest BCUT2D eigenvalue weighted by atomic mass is 10.2. The van der Waals surface area contributed by atoms with Gasteiger partial charge in [-0.1, -0.05) is 35.5 Å². The van der Waals surface area contributed by atoms with Gasteiger partial charge in [0, 0.05) is 17.1 Å². The summed E-state index contributed by atoms with van der Waals surface area (Å²) in [6.45, 7) is 4.40. The molecule has 0 aliphatic heterocycles. The van der Waals surface area contributed by atoms with E-state index in [1.54, 1.807) is 43.5 Å². The maximum absolute atomic E-state index is 12.5. The zero-order valence-electron chi connectivity index (χ0n) is 18.0. The van der Waals surface area contributed by atoms with E-state index in [2.05, 4.69) is 20.8 Å². The molecule has 168 valence electrons. The second kappa shape index (κ2) is 11.0. The summed E-state index contributed by atoms with van der Waals surface area (Å²) in [5.41, 5.74) is 1.11. The highest BCUT2D eigenvalue weighted by molar-refractivity contribution is 7.99. The number of ether oxygens (including phenoxy) is 1. The van der Waals surface area contributed by atoms with E-state index in [4.69, 9.17) is 16.3 Å². The molecule has 0 aliphatic rings. The number of nitrogens with one attached hydrogen (secondary N) is 2. The predicted octanol–water partition coefficient (Wildman–Crippen LogP) is 4.18. The molecule has 0 unspecified atom stereocenters. The molecule has 0 aliphatic carbocycles. The Balaban J connectivity index is 1.63. The number of hydrogen-bond donors (Lipinski definition) is 2. The van der Waals surface area contributed by atoms with Gasteiger partial charge < -0.3 is 19.9 Å². The van der Waals surface area contributed by atoms with Gasteiger partial charge in [0.2, 0.25) is 5.91 Å². The fourth-order valence-corrected chi connectivity index (χ4v) is 3.97. The fraction of sp³-hybridized carbons (Fsp3) is 0.273. The molecule has 8 nitrogen and oxygen atoms in total. The summed E-state index contributed by atoms with van der Waals surface area (Å²) in [5, 5.41) is 15.4. The molecular formula is C22H24ClN5O3S. The topological polar surface area (TPSA) is 98.1 Å². The molecule has 0 bridgehead atoms. The average molecular weight is 474 g/mol. The third-order valence-corrected chi connectivity index (χ3v) is 5.84. The van der Waals surface area contributed by atoms with E-state index in [1.165, 1.54) is 11.8 Å². The van der Waals surface area contributed by atoms with E-state index >= 15 is 0 Å². The molecule has 1 heterocycles. The zero-order valence-corrected chi connectivity index (χ0v) is 19.5. The molecule has 2 amide bonds. The Hall–Kier alpha value is -3.04. The summed E-state index contributed by atoms with van der Waals surface area (Å²) in [5.74, 6) is 0.945. The van der Waals surface area contributed by atoms with E-state index in [0.29, 0.717) is 39.5 Å². The summed E-state index contributed by atoms with van der Waals surface area (Å²) in [4.78, 5) is 24.9. The number of hydrogen-bond acceptors (Lipinski definition) is 6. The number of carbonyl (C=O) groups excluding carboxylic acids is 2. The number of rotatable bonds is 9. The van der Waals surface area contributed by atoms with Crippen molar-refractivity contribution in [3.05, 3.63) is 64.9 Å². The Kier molecular flexibility index (Phi) is 8.13. The number of aromatic nitrogens is 3. The normalized spacial score (nSPS) is 11.6. The van der Waals surface area contributed by atoms with Gasteiger partial charge in [-0.3, -0.25) is 9.59 Å². The van der Waals surface area contributed by atoms with Gasteiger partial charge in [-0.25, -0.2) is 0 Å². The van der Waals surface area contributed by atoms with Gasteiger partial charge in [-0.15, -0.1) is 10.2 Å². The Morgan fingerprint density at radius 3 is 2.56 bits per heavy atom. The minimum absolute atomic E-state index is 0.154. The van der Waals surface area contributed by atoms with Crippen molar-refractivity contribution >= 4 is 40.9 Å². The van der Waals surface area contributed by atoms with Crippen LogP contribution in [0.1, 0.15) is 36.1 Å². The molecule has 0 saturated heterocycles. The van der Waals surface area contributed by atoms with Gasteiger partial charge in [-0.2, -0.15) is 0 Å². The van der Waals surface area contributed by atoms with Crippen molar-refractivity contribution in [2.45, 2.75) is 31.6 Å². The van der Waals surface area contributed by atoms with Crippen LogP contribution in [0, 0.1) is 0 Å². The number of benzene rings is 2. The second-order valence-corrected chi connectivity index (χ2v) is 8.20. The van der Waals surface area contributed by atoms with Gasteiger partial charge in [0.25, 0.3) is 5.91 Å². The van der Waals surface area contributed by atoms with Gasteiger partial charge in [0.05, 0.1) is 24.6 Å². The van der Waals surface area contributed by atoms with Gasteiger partial charge in [-0.05, 0) is 50.2 Å². The van der Waals surface area contributed by atoms with E-state index < -0.39 is 0 Å². The monoisotopic (exact) mass is 473 g/mol. The van der Waals surface area contributed by atoms with Crippen LogP contribution in [0.4, 0.5) is 5.69 Å². The van der Waals surface area contributed by atoms with Crippen molar-refractivity contribution < 1.29 is 14.3 Å². The number of carbonyl (C=O) groups is 2. The highest BCUT2D eigenvalue weighted by Crippen LogP contribution is 2.25. The Labute approximate surface area is 195 Å². The molecule has 0 radical (unpaired) electrons. The van der Waals surface area contributed by atoms with Crippen LogP contribution in [0.15, 0.2) is 53.7 Å². The molecule has 10 heteroatoms. The first-order valence-electron chi connectivity index (χ1n) is 9.98. The second-order valence-electron chi connectivity index (χ2n) is 6.82. The van der Waals surface area contributed by atoms with E-state index in [-0.39, 0.29) is 23.6 Å². The first-order chi connectivity index (χ1) is 15.4. The first-order valence-corrected chi connectivity index (χ1v) is 11.3. The molecule has 0 fully saturated rings. The number of halogens is 1. The number of methoxy groups -OCH3 is 1. The van der Waals surface area contributed by atoms with Crippen LogP contribution in [0.25, 0.3) is 0 Å². The smallest absolute Gasteiger partial charge is 0.251 e. The summed E-state index contributed by atoms with van der Waals surface area (Å²) in [6.07, 6.45) is 0. The minimum Gasteiger partial charge on any atom is -0.495 e. The number of thioether (sulfide) groups is 1. The van der Waals surface area contributed by atoms with Crippen molar-refractivity contribution in [3.63, 3.8) is 0 Å². The quantitative estimate of drug-likeness (QED) is 0.452. The lowest BCUT2D eigenvalue weighted by molar-refractivity contribution is -0.113. The van der Waals surface area contributed by atoms with Gasteiger partial charge >= 0.3 is 0 Å². The molecule has 2 aromatic carbocycles. The van der Waals surface area contributed by atoms with Crippen LogP contribution in [0.3, 0.4) is 0 Å². The number of anilines is 1. The van der Waals surface area contributed by atoms with Gasteiger partial charge in [0.1, 0.15) is 5.75 Å². The molecule has 0 spiro atoms. The molecular weight excluding hydrogens is 450 g/mol. The summed E-state index contributed by atoms with van der Waals surface area (Å²) >= 11 is 7.16. The van der Waals surface area contributed by atoms with Gasteiger partial charge in [0.15, 0.2) is 11.0 Å². The highest BCUT2D eigenvalue weighted by Gasteiger charge is 2.20. The maximum atomic E-state index is 12.5. The molecule has 32 heavy (non-hydrogen) atoms. The van der Waals surface area contributed by atoms with Crippen LogP contribution < -0.4 is 15.4 Å². The number of amides is 2. The molecule has 2 N–H and O–H groups in total. The lowest BCUT2D eigenvalue weighted by Crippen LogP contribution is -2.28. The summed E-state index contributed by atoms with van der Waals surface area (Å²) in [7, 11) is 1.55. The lowest BCUT2D eigenvalue weighted by Gasteiger charge is -2.15. The molecule has 3 aromatic rings. The Morgan fingerprint density at radius 2 is 1.88 bits per heavy atom. The number of para-hydroxylation sites is 2. The molecule has 0 saturated carbocycles. The fourth-order valence-electron chi connectivity index (χ4n) is 3.03.